The van der Waals surface area contributed by atoms with Crippen LogP contribution in [0.3, 0.4) is 0 Å². The molecule has 5 heteroatoms. The van der Waals surface area contributed by atoms with Gasteiger partial charge in [-0.05, 0) is 23.5 Å². The Bertz CT molecular complexity index is 676. The van der Waals surface area contributed by atoms with Gasteiger partial charge in [0.1, 0.15) is 4.88 Å². The van der Waals surface area contributed by atoms with Gasteiger partial charge in [0.2, 0.25) is 0 Å². The average molecular weight is 369 g/mol. The molecule has 2 aromatic rings. The number of thiophene rings is 1. The molecule has 0 spiro atoms. The van der Waals surface area contributed by atoms with Gasteiger partial charge in [-0.1, -0.05) is 49.7 Å². The molecule has 0 bridgehead atoms. The second kappa shape index (κ2) is 5.97. The van der Waals surface area contributed by atoms with Gasteiger partial charge >= 0.3 is 0 Å². The highest BCUT2D eigenvalue weighted by atomic mass is 79.9. The van der Waals surface area contributed by atoms with Crippen molar-refractivity contribution >= 4 is 48.9 Å². The summed E-state index contributed by atoms with van der Waals surface area (Å²) in [6.45, 7) is 9.28. The smallest absolute Gasteiger partial charge is 0.263 e. The molecule has 3 N–H and O–H groups in total. The Labute approximate surface area is 138 Å². The Kier molecular flexibility index (Phi) is 4.63. The molecule has 3 nitrogen and oxygen atoms in total. The van der Waals surface area contributed by atoms with E-state index in [1.807, 2.05) is 18.2 Å². The predicted octanol–water partition coefficient (Wildman–Crippen LogP) is 4.66. The molecule has 0 radical (unpaired) electrons. The number of carbonyl (C=O) groups excluding carboxylic acids is 1. The lowest BCUT2D eigenvalue weighted by atomic mass is 9.81. The third kappa shape index (κ3) is 3.24. The Hall–Kier alpha value is -1.07. The highest BCUT2D eigenvalue weighted by Crippen LogP contribution is 2.38. The molecule has 21 heavy (non-hydrogen) atoms. The first kappa shape index (κ1) is 16.3. The zero-order valence-electron chi connectivity index (χ0n) is 12.8. The van der Waals surface area contributed by atoms with Crippen molar-refractivity contribution < 1.29 is 4.79 Å². The van der Waals surface area contributed by atoms with Crippen LogP contribution < -0.4 is 11.1 Å². The van der Waals surface area contributed by atoms with E-state index in [1.54, 1.807) is 0 Å². The van der Waals surface area contributed by atoms with E-state index in [1.165, 1.54) is 11.3 Å². The molecule has 0 unspecified atom stereocenters. The van der Waals surface area contributed by atoms with Crippen LogP contribution in [0.4, 0.5) is 5.69 Å². The first-order valence-electron chi connectivity index (χ1n) is 6.98. The van der Waals surface area contributed by atoms with Crippen molar-refractivity contribution in [1.29, 1.82) is 0 Å². The molecule has 1 heterocycles. The second-order valence-corrected chi connectivity index (χ2v) is 8.19. The monoisotopic (exact) mass is 368 g/mol. The van der Waals surface area contributed by atoms with Gasteiger partial charge in [-0.3, -0.25) is 4.79 Å². The molecule has 1 aromatic carbocycles. The molecule has 1 amide bonds. The van der Waals surface area contributed by atoms with Gasteiger partial charge in [0.05, 0.1) is 5.69 Å². The molecule has 114 valence electrons. The summed E-state index contributed by atoms with van der Waals surface area (Å²) < 4.78 is 1.95. The van der Waals surface area contributed by atoms with Crippen LogP contribution in [0.25, 0.3) is 10.1 Å². The van der Waals surface area contributed by atoms with Crippen molar-refractivity contribution in [2.45, 2.75) is 27.7 Å². The normalized spacial score (nSPS) is 12.1. The Balaban J connectivity index is 2.25. The summed E-state index contributed by atoms with van der Waals surface area (Å²) in [6, 6.07) is 5.87. The van der Waals surface area contributed by atoms with Crippen LogP contribution in [0.1, 0.15) is 37.4 Å². The highest BCUT2D eigenvalue weighted by molar-refractivity contribution is 9.10. The molecular formula is C16H21BrN2OS. The van der Waals surface area contributed by atoms with E-state index >= 15 is 0 Å². The number of hydrogen-bond donors (Lipinski definition) is 2. The summed E-state index contributed by atoms with van der Waals surface area (Å²) >= 11 is 4.93. The topological polar surface area (TPSA) is 55.1 Å². The molecule has 0 fully saturated rings. The van der Waals surface area contributed by atoms with Crippen LogP contribution in [0.5, 0.6) is 0 Å². The number of nitrogen functional groups attached to an aromatic ring is 1. The van der Waals surface area contributed by atoms with E-state index in [9.17, 15) is 4.79 Å². The van der Waals surface area contributed by atoms with Crippen LogP contribution in [0.2, 0.25) is 0 Å². The number of anilines is 1. The maximum Gasteiger partial charge on any atom is 0.263 e. The number of hydrogen-bond acceptors (Lipinski definition) is 3. The minimum absolute atomic E-state index is 0.0572. The number of benzene rings is 1. The number of nitrogens with one attached hydrogen (secondary N) is 1. The van der Waals surface area contributed by atoms with Crippen LogP contribution in [0, 0.1) is 11.3 Å². The number of halogens is 1. The highest BCUT2D eigenvalue weighted by Gasteiger charge is 2.24. The van der Waals surface area contributed by atoms with E-state index < -0.39 is 0 Å². The minimum atomic E-state index is -0.0886. The number of fused-ring (bicyclic) bond motifs is 1. The molecule has 2 rings (SSSR count). The Morgan fingerprint density at radius 2 is 2.10 bits per heavy atom. The van der Waals surface area contributed by atoms with E-state index in [0.717, 1.165) is 14.6 Å². The van der Waals surface area contributed by atoms with Crippen molar-refractivity contribution in [2.24, 2.45) is 11.3 Å². The Morgan fingerprint density at radius 3 is 2.67 bits per heavy atom. The fourth-order valence-corrected chi connectivity index (χ4v) is 3.67. The van der Waals surface area contributed by atoms with Gasteiger partial charge in [-0.25, -0.2) is 0 Å². The summed E-state index contributed by atoms with van der Waals surface area (Å²) in [4.78, 5) is 13.0. The maximum absolute atomic E-state index is 12.4. The third-order valence-electron chi connectivity index (χ3n) is 4.18. The molecule has 0 aliphatic rings. The zero-order valence-corrected chi connectivity index (χ0v) is 15.2. The summed E-state index contributed by atoms with van der Waals surface area (Å²) in [5, 5.41) is 3.94. The number of rotatable bonds is 4. The number of carbonyl (C=O) groups is 1. The van der Waals surface area contributed by atoms with Crippen molar-refractivity contribution in [3.05, 3.63) is 27.5 Å². The van der Waals surface area contributed by atoms with Gasteiger partial charge in [-0.2, -0.15) is 0 Å². The molecule has 0 aliphatic heterocycles. The fraction of sp³-hybridized carbons (Fsp3) is 0.438. The Morgan fingerprint density at radius 1 is 1.43 bits per heavy atom. The standard InChI is InChI=1S/C16H21BrN2OS/c1-9(2)16(3,4)8-19-15(20)14-13(18)12-10(17)6-5-7-11(12)21-14/h5-7,9H,8,18H2,1-4H3,(H,19,20). The largest absolute Gasteiger partial charge is 0.397 e. The van der Waals surface area contributed by atoms with Crippen molar-refractivity contribution in [3.8, 4) is 0 Å². The summed E-state index contributed by atoms with van der Waals surface area (Å²) in [6.07, 6.45) is 0. The SMILES string of the molecule is CC(C)C(C)(C)CNC(=O)c1sc2cccc(Br)c2c1N. The first-order chi connectivity index (χ1) is 9.74. The van der Waals surface area contributed by atoms with Gasteiger partial charge in [0.25, 0.3) is 5.91 Å². The summed E-state index contributed by atoms with van der Waals surface area (Å²) in [5.74, 6) is 0.404. The number of nitrogens with two attached hydrogens (primary N) is 1. The van der Waals surface area contributed by atoms with E-state index in [2.05, 4.69) is 48.9 Å². The van der Waals surface area contributed by atoms with Gasteiger partial charge < -0.3 is 11.1 Å². The molecule has 0 aliphatic carbocycles. The minimum Gasteiger partial charge on any atom is -0.397 e. The van der Waals surface area contributed by atoms with Crippen LogP contribution in [-0.4, -0.2) is 12.5 Å². The van der Waals surface area contributed by atoms with Gasteiger partial charge in [-0.15, -0.1) is 11.3 Å². The third-order valence-corrected chi connectivity index (χ3v) is 6.01. The second-order valence-electron chi connectivity index (χ2n) is 6.28. The maximum atomic E-state index is 12.4. The first-order valence-corrected chi connectivity index (χ1v) is 8.59. The lowest BCUT2D eigenvalue weighted by Gasteiger charge is -2.29. The molecule has 0 atom stereocenters. The molecule has 0 saturated heterocycles. The molecule has 1 aromatic heterocycles. The van der Waals surface area contributed by atoms with Gasteiger partial charge in [0.15, 0.2) is 0 Å². The zero-order chi connectivity index (χ0) is 15.8. The van der Waals surface area contributed by atoms with E-state index in [0.29, 0.717) is 23.0 Å². The molecule has 0 saturated carbocycles. The number of amides is 1. The molecular weight excluding hydrogens is 348 g/mol. The van der Waals surface area contributed by atoms with Crippen molar-refractivity contribution in [3.63, 3.8) is 0 Å². The summed E-state index contributed by atoms with van der Waals surface area (Å²) in [5.41, 5.74) is 6.77. The van der Waals surface area contributed by atoms with E-state index in [-0.39, 0.29) is 11.3 Å². The lowest BCUT2D eigenvalue weighted by molar-refractivity contribution is 0.0930. The van der Waals surface area contributed by atoms with Crippen LogP contribution in [-0.2, 0) is 0 Å². The fourth-order valence-electron chi connectivity index (χ4n) is 1.89. The lowest BCUT2D eigenvalue weighted by Crippen LogP contribution is -2.36. The quantitative estimate of drug-likeness (QED) is 0.824. The van der Waals surface area contributed by atoms with Crippen LogP contribution >= 0.6 is 27.3 Å². The van der Waals surface area contributed by atoms with Crippen molar-refractivity contribution in [2.75, 3.05) is 12.3 Å². The predicted molar refractivity (Wildman–Crippen MR) is 94.9 cm³/mol. The average Bonchev–Trinajstić information content (AvgIpc) is 2.75. The van der Waals surface area contributed by atoms with Crippen molar-refractivity contribution in [1.82, 2.24) is 5.32 Å². The van der Waals surface area contributed by atoms with Crippen LogP contribution in [0.15, 0.2) is 22.7 Å². The summed E-state index contributed by atoms with van der Waals surface area (Å²) in [7, 11) is 0. The van der Waals surface area contributed by atoms with E-state index in [4.69, 9.17) is 5.73 Å². The van der Waals surface area contributed by atoms with Gasteiger partial charge in [0, 0.05) is 21.1 Å².